The Balaban J connectivity index is 1.51. The lowest BCUT2D eigenvalue weighted by molar-refractivity contribution is -0.139. The van der Waals surface area contributed by atoms with E-state index < -0.39 is 22.6 Å². The number of hydrogen-bond acceptors (Lipinski definition) is 6. The summed E-state index contributed by atoms with van der Waals surface area (Å²) in [5, 5.41) is 10.4. The molecule has 3 aliphatic rings. The van der Waals surface area contributed by atoms with Gasteiger partial charge in [0.05, 0.1) is 29.8 Å². The number of benzene rings is 2. The van der Waals surface area contributed by atoms with Crippen LogP contribution in [0.4, 0.5) is 11.4 Å². The zero-order valence-electron chi connectivity index (χ0n) is 23.7. The number of rotatable bonds is 12. The van der Waals surface area contributed by atoms with Crippen LogP contribution in [0.25, 0.3) is 0 Å². The highest BCUT2D eigenvalue weighted by Gasteiger charge is 2.74. The van der Waals surface area contributed by atoms with Gasteiger partial charge in [0.1, 0.15) is 11.8 Å². The van der Waals surface area contributed by atoms with Gasteiger partial charge < -0.3 is 24.5 Å². The first kappa shape index (κ1) is 30.2. The molecular weight excluding hydrogens is 574 g/mol. The highest BCUT2D eigenvalue weighted by molar-refractivity contribution is 8.02. The maximum atomic E-state index is 14.4. The molecule has 42 heavy (non-hydrogen) atoms. The standard InChI is InChI=1S/C32H36ClN3O5S/c1-4-17-34(23-11-13-24(14-12-23)41-6-3)29(38)26-25-15-16-32(42-25)27(26)30(39)36(19-20-37)28(32)31(40)35(18-5-2)22-9-7-21(33)8-10-22/h4-5,7-14,25-28,37H,1-2,6,15-20H2,3H3/t25-,26+,27-,28?,32?/m0/s1. The molecule has 8 nitrogen and oxygen atoms in total. The molecule has 5 atom stereocenters. The van der Waals surface area contributed by atoms with Crippen LogP contribution in [-0.4, -0.2) is 76.6 Å². The molecule has 2 unspecified atom stereocenters. The van der Waals surface area contributed by atoms with E-state index >= 15 is 0 Å². The summed E-state index contributed by atoms with van der Waals surface area (Å²) < 4.78 is 4.79. The molecule has 2 bridgehead atoms. The first-order chi connectivity index (χ1) is 20.3. The first-order valence-electron chi connectivity index (χ1n) is 14.2. The maximum absolute atomic E-state index is 14.4. The molecule has 1 N–H and O–H groups in total. The average molecular weight is 610 g/mol. The third-order valence-electron chi connectivity index (χ3n) is 8.41. The largest absolute Gasteiger partial charge is 0.494 e. The molecule has 3 saturated heterocycles. The third kappa shape index (κ3) is 5.12. The van der Waals surface area contributed by atoms with Gasteiger partial charge in [0.15, 0.2) is 0 Å². The van der Waals surface area contributed by atoms with Crippen LogP contribution in [0, 0.1) is 11.8 Å². The molecule has 0 saturated carbocycles. The van der Waals surface area contributed by atoms with Crippen molar-refractivity contribution in [3.63, 3.8) is 0 Å². The van der Waals surface area contributed by atoms with Gasteiger partial charge in [-0.15, -0.1) is 24.9 Å². The number of hydrogen-bond donors (Lipinski definition) is 1. The van der Waals surface area contributed by atoms with Crippen LogP contribution in [0.15, 0.2) is 73.8 Å². The number of ether oxygens (including phenoxy) is 1. The number of likely N-dealkylation sites (tertiary alicyclic amines) is 1. The molecule has 0 radical (unpaired) electrons. The Kier molecular flexibility index (Phi) is 9.01. The summed E-state index contributed by atoms with van der Waals surface area (Å²) >= 11 is 7.71. The van der Waals surface area contributed by atoms with E-state index in [2.05, 4.69) is 13.2 Å². The molecular formula is C32H36ClN3O5S. The zero-order valence-corrected chi connectivity index (χ0v) is 25.2. The van der Waals surface area contributed by atoms with Crippen LogP contribution >= 0.6 is 23.4 Å². The van der Waals surface area contributed by atoms with E-state index in [0.29, 0.717) is 35.2 Å². The van der Waals surface area contributed by atoms with E-state index in [4.69, 9.17) is 16.3 Å². The van der Waals surface area contributed by atoms with Gasteiger partial charge in [-0.05, 0) is 68.3 Å². The Morgan fingerprint density at radius 1 is 1.07 bits per heavy atom. The molecule has 2 aromatic rings. The molecule has 10 heteroatoms. The Morgan fingerprint density at radius 3 is 2.24 bits per heavy atom. The minimum atomic E-state index is -0.830. The van der Waals surface area contributed by atoms with Crippen LogP contribution in [0.2, 0.25) is 5.02 Å². The van der Waals surface area contributed by atoms with E-state index in [9.17, 15) is 19.5 Å². The fourth-order valence-corrected chi connectivity index (χ4v) is 9.14. The van der Waals surface area contributed by atoms with Gasteiger partial charge in [-0.25, -0.2) is 0 Å². The zero-order chi connectivity index (χ0) is 30.0. The van der Waals surface area contributed by atoms with Crippen LogP contribution < -0.4 is 14.5 Å². The monoisotopic (exact) mass is 609 g/mol. The number of aliphatic hydroxyl groups is 1. The fourth-order valence-electron chi connectivity index (χ4n) is 6.80. The summed E-state index contributed by atoms with van der Waals surface area (Å²) in [6, 6.07) is 13.4. The van der Waals surface area contributed by atoms with Crippen molar-refractivity contribution in [2.24, 2.45) is 11.8 Å². The Labute approximate surface area is 255 Å². The average Bonchev–Trinajstić information content (AvgIpc) is 3.63. The molecule has 3 aliphatic heterocycles. The summed E-state index contributed by atoms with van der Waals surface area (Å²) in [4.78, 5) is 47.7. The van der Waals surface area contributed by atoms with Crippen molar-refractivity contribution < 1.29 is 24.2 Å². The summed E-state index contributed by atoms with van der Waals surface area (Å²) in [5.41, 5.74) is 1.33. The Hall–Kier alpha value is -3.27. The molecule has 1 spiro atoms. The lowest BCUT2D eigenvalue weighted by atomic mass is 9.70. The van der Waals surface area contributed by atoms with Crippen molar-refractivity contribution in [1.29, 1.82) is 0 Å². The number of thioether (sulfide) groups is 1. The second kappa shape index (κ2) is 12.5. The number of β-amino-alcohol motifs (C(OH)–C–C–N with tert-alkyl or cyclic N) is 1. The number of nitrogens with zero attached hydrogens (tertiary/aromatic N) is 3. The van der Waals surface area contributed by atoms with Crippen molar-refractivity contribution >= 4 is 52.5 Å². The normalized spacial score (nSPS) is 25.7. The van der Waals surface area contributed by atoms with Crippen LogP contribution in [0.3, 0.4) is 0 Å². The highest BCUT2D eigenvalue weighted by atomic mass is 35.5. The Morgan fingerprint density at radius 2 is 1.67 bits per heavy atom. The molecule has 0 aliphatic carbocycles. The van der Waals surface area contributed by atoms with Crippen molar-refractivity contribution in [1.82, 2.24) is 4.90 Å². The van der Waals surface area contributed by atoms with Crippen LogP contribution in [-0.2, 0) is 14.4 Å². The van der Waals surface area contributed by atoms with E-state index in [1.165, 1.54) is 4.90 Å². The van der Waals surface area contributed by atoms with Crippen molar-refractivity contribution in [3.8, 4) is 5.75 Å². The topological polar surface area (TPSA) is 90.4 Å². The number of fused-ring (bicyclic) bond motifs is 1. The van der Waals surface area contributed by atoms with E-state index in [-0.39, 0.29) is 49.2 Å². The van der Waals surface area contributed by atoms with Crippen LogP contribution in [0.5, 0.6) is 5.75 Å². The predicted octanol–water partition coefficient (Wildman–Crippen LogP) is 4.56. The van der Waals surface area contributed by atoms with Gasteiger partial charge in [0.2, 0.25) is 11.8 Å². The highest BCUT2D eigenvalue weighted by Crippen LogP contribution is 2.66. The van der Waals surface area contributed by atoms with E-state index in [1.54, 1.807) is 58.0 Å². The van der Waals surface area contributed by atoms with Crippen molar-refractivity contribution in [2.45, 2.75) is 35.8 Å². The number of aliphatic hydroxyl groups excluding tert-OH is 1. The Bertz CT molecular complexity index is 1350. The number of anilines is 2. The van der Waals surface area contributed by atoms with E-state index in [0.717, 1.165) is 6.42 Å². The van der Waals surface area contributed by atoms with Crippen molar-refractivity contribution in [2.75, 3.05) is 42.6 Å². The smallest absolute Gasteiger partial charge is 0.251 e. The SMILES string of the molecule is C=CCN(C(=O)C1N(CCO)C(=O)[C@@H]2[C@H](C(=O)N(CC=C)c3ccc(OCC)cc3)[C@@H]3CCC12S3)c1ccc(Cl)cc1. The second-order valence-corrected chi connectivity index (χ2v) is 12.7. The first-order valence-corrected chi connectivity index (χ1v) is 15.5. The van der Waals surface area contributed by atoms with Crippen molar-refractivity contribution in [3.05, 3.63) is 78.9 Å². The van der Waals surface area contributed by atoms with Gasteiger partial charge in [-0.2, -0.15) is 0 Å². The predicted molar refractivity (Wildman–Crippen MR) is 167 cm³/mol. The lowest BCUT2D eigenvalue weighted by Gasteiger charge is -2.37. The number of carbonyl (C=O) groups is 3. The summed E-state index contributed by atoms with van der Waals surface area (Å²) in [7, 11) is 0. The van der Waals surface area contributed by atoms with Gasteiger partial charge in [0, 0.05) is 41.3 Å². The molecule has 0 aromatic heterocycles. The van der Waals surface area contributed by atoms with Crippen LogP contribution in [0.1, 0.15) is 19.8 Å². The van der Waals surface area contributed by atoms with Gasteiger partial charge in [-0.1, -0.05) is 23.8 Å². The number of amides is 3. The molecule has 3 amide bonds. The number of carbonyl (C=O) groups excluding carboxylic acids is 3. The summed E-state index contributed by atoms with van der Waals surface area (Å²) in [6.45, 7) is 10.4. The van der Waals surface area contributed by atoms with Gasteiger partial charge >= 0.3 is 0 Å². The summed E-state index contributed by atoms with van der Waals surface area (Å²) in [5.74, 6) is -1.25. The quantitative estimate of drug-likeness (QED) is 0.355. The maximum Gasteiger partial charge on any atom is 0.251 e. The fraction of sp³-hybridized carbons (Fsp3) is 0.406. The number of halogens is 1. The second-order valence-electron chi connectivity index (χ2n) is 10.7. The summed E-state index contributed by atoms with van der Waals surface area (Å²) in [6.07, 6.45) is 4.66. The minimum Gasteiger partial charge on any atom is -0.494 e. The minimum absolute atomic E-state index is 0.0113. The molecule has 222 valence electrons. The van der Waals surface area contributed by atoms with E-state index in [1.807, 2.05) is 31.2 Å². The molecule has 3 heterocycles. The van der Waals surface area contributed by atoms with Gasteiger partial charge in [0.25, 0.3) is 5.91 Å². The molecule has 2 aromatic carbocycles. The molecule has 5 rings (SSSR count). The molecule has 3 fully saturated rings. The lowest BCUT2D eigenvalue weighted by Crippen LogP contribution is -2.55. The third-order valence-corrected chi connectivity index (χ3v) is 10.6. The van der Waals surface area contributed by atoms with Gasteiger partial charge in [-0.3, -0.25) is 14.4 Å².